The monoisotopic (exact) mass is 83.0 g/mol. The lowest BCUT2D eigenvalue weighted by molar-refractivity contribution is 1.40. The molecule has 6 heavy (non-hydrogen) atoms. The van der Waals surface area contributed by atoms with Crippen molar-refractivity contribution in [1.82, 2.24) is 0 Å². The molecule has 0 unspecified atom stereocenters. The molecule has 0 saturated heterocycles. The molecule has 0 fully saturated rings. The average Bonchev–Trinajstić information content (AvgIpc) is 1.65. The van der Waals surface area contributed by atoms with Crippen LogP contribution in [0.1, 0.15) is 0 Å². The molecule has 0 heterocycles. The van der Waals surface area contributed by atoms with Crippen LogP contribution in [-0.4, -0.2) is 19.4 Å². The third-order valence-corrected chi connectivity index (χ3v) is 0.300. The zero-order valence-electron chi connectivity index (χ0n) is 3.31. The van der Waals surface area contributed by atoms with Crippen LogP contribution in [0, 0.1) is 5.41 Å². The zero-order chi connectivity index (χ0) is 4.99. The predicted octanol–water partition coefficient (Wildman–Crippen LogP) is 0.322. The van der Waals surface area contributed by atoms with E-state index in [4.69, 9.17) is 5.41 Å². The summed E-state index contributed by atoms with van der Waals surface area (Å²) in [5, 5.41) is 6.53. The van der Waals surface area contributed by atoms with E-state index >= 15 is 0 Å². The fourth-order valence-corrected chi connectivity index (χ4v) is 0.0500. The maximum Gasteiger partial charge on any atom is 0.240 e. The van der Waals surface area contributed by atoms with Gasteiger partial charge in [-0.15, -0.1) is 0 Å². The van der Waals surface area contributed by atoms with Crippen LogP contribution in [0.2, 0.25) is 0 Å². The summed E-state index contributed by atoms with van der Waals surface area (Å²) in [6.45, 7) is 6.05. The summed E-state index contributed by atoms with van der Waals surface area (Å²) < 4.78 is 0. The molecule has 0 aromatic rings. The van der Waals surface area contributed by atoms with E-state index in [0.29, 0.717) is 0 Å². The molecule has 0 rings (SSSR count). The quantitative estimate of drug-likeness (QED) is 0.324. The van der Waals surface area contributed by atoms with E-state index in [1.807, 2.05) is 0 Å². The molecule has 0 aromatic heterocycles. The SMILES string of the molecule is C=NC(=N)N=C. The number of hydrogen-bond acceptors (Lipinski definition) is 1. The molecule has 1 N–H and O–H groups in total. The average molecular weight is 83.1 g/mol. The van der Waals surface area contributed by atoms with Crippen molar-refractivity contribution in [2.45, 2.75) is 0 Å². The molecule has 0 bridgehead atoms. The van der Waals surface area contributed by atoms with Crippen LogP contribution in [0.15, 0.2) is 9.98 Å². The van der Waals surface area contributed by atoms with Gasteiger partial charge < -0.3 is 0 Å². The molecule has 0 aliphatic rings. The molecule has 0 aromatic carbocycles. The lowest BCUT2D eigenvalue weighted by Crippen LogP contribution is -1.78. The van der Waals surface area contributed by atoms with Gasteiger partial charge in [0.1, 0.15) is 0 Å². The van der Waals surface area contributed by atoms with Gasteiger partial charge in [-0.1, -0.05) is 0 Å². The van der Waals surface area contributed by atoms with Crippen molar-refractivity contribution in [2.24, 2.45) is 9.98 Å². The van der Waals surface area contributed by atoms with Gasteiger partial charge >= 0.3 is 0 Å². The van der Waals surface area contributed by atoms with Gasteiger partial charge in [-0.2, -0.15) is 0 Å². The van der Waals surface area contributed by atoms with Gasteiger partial charge in [-0.25, -0.2) is 9.98 Å². The second-order valence-electron chi connectivity index (χ2n) is 0.640. The highest BCUT2D eigenvalue weighted by atomic mass is 15.0. The van der Waals surface area contributed by atoms with Crippen LogP contribution in [-0.2, 0) is 0 Å². The Kier molecular flexibility index (Phi) is 1.89. The fraction of sp³-hybridized carbons (Fsp3) is 0. The van der Waals surface area contributed by atoms with Crippen LogP contribution < -0.4 is 0 Å². The lowest BCUT2D eigenvalue weighted by atomic mass is 11.0. The first-order valence-electron chi connectivity index (χ1n) is 1.33. The highest BCUT2D eigenvalue weighted by Crippen LogP contribution is 1.67. The molecular weight excluding hydrogens is 78.1 g/mol. The topological polar surface area (TPSA) is 48.6 Å². The number of aliphatic imine (C=N–C) groups is 2. The van der Waals surface area contributed by atoms with Crippen LogP contribution >= 0.6 is 0 Å². The van der Waals surface area contributed by atoms with Gasteiger partial charge in [0.05, 0.1) is 0 Å². The maximum absolute atomic E-state index is 6.53. The van der Waals surface area contributed by atoms with Gasteiger partial charge in [0, 0.05) is 0 Å². The normalized spacial score (nSPS) is 6.67. The summed E-state index contributed by atoms with van der Waals surface area (Å²) in [7, 11) is 0. The lowest BCUT2D eigenvalue weighted by Gasteiger charge is -1.74. The minimum atomic E-state index is -0.130. The van der Waals surface area contributed by atoms with Crippen molar-refractivity contribution in [3.05, 3.63) is 0 Å². The van der Waals surface area contributed by atoms with Crippen LogP contribution in [0.5, 0.6) is 0 Å². The van der Waals surface area contributed by atoms with Crippen LogP contribution in [0.25, 0.3) is 0 Å². The Morgan fingerprint density at radius 3 is 1.67 bits per heavy atom. The van der Waals surface area contributed by atoms with Gasteiger partial charge in [-0.05, 0) is 13.4 Å². The van der Waals surface area contributed by atoms with Crippen molar-refractivity contribution < 1.29 is 0 Å². The first-order chi connectivity index (χ1) is 2.81. The van der Waals surface area contributed by atoms with E-state index in [-0.39, 0.29) is 5.96 Å². The van der Waals surface area contributed by atoms with Crippen molar-refractivity contribution in [3.8, 4) is 0 Å². The molecule has 32 valence electrons. The van der Waals surface area contributed by atoms with E-state index < -0.39 is 0 Å². The van der Waals surface area contributed by atoms with Gasteiger partial charge in [0.25, 0.3) is 0 Å². The van der Waals surface area contributed by atoms with Crippen LogP contribution in [0.4, 0.5) is 0 Å². The van der Waals surface area contributed by atoms with Crippen molar-refractivity contribution in [2.75, 3.05) is 0 Å². The first-order valence-corrected chi connectivity index (χ1v) is 1.33. The number of rotatable bonds is 0. The largest absolute Gasteiger partial charge is 0.266 e. The summed E-state index contributed by atoms with van der Waals surface area (Å²) in [5.41, 5.74) is 0. The number of hydrogen-bond donors (Lipinski definition) is 1. The smallest absolute Gasteiger partial charge is 0.240 e. The molecule has 3 nitrogen and oxygen atoms in total. The molecule has 0 atom stereocenters. The molecule has 0 amide bonds. The minimum Gasteiger partial charge on any atom is -0.266 e. The van der Waals surface area contributed by atoms with Crippen molar-refractivity contribution in [3.63, 3.8) is 0 Å². The Morgan fingerprint density at radius 1 is 1.33 bits per heavy atom. The second-order valence-corrected chi connectivity index (χ2v) is 0.640. The molecule has 0 aliphatic heterocycles. The fourth-order valence-electron chi connectivity index (χ4n) is 0.0500. The van der Waals surface area contributed by atoms with E-state index in [9.17, 15) is 0 Å². The van der Waals surface area contributed by atoms with Crippen molar-refractivity contribution in [1.29, 1.82) is 5.41 Å². The van der Waals surface area contributed by atoms with Gasteiger partial charge in [0.2, 0.25) is 5.96 Å². The van der Waals surface area contributed by atoms with E-state index in [2.05, 4.69) is 23.4 Å². The Morgan fingerprint density at radius 2 is 1.67 bits per heavy atom. The third kappa shape index (κ3) is 1.34. The third-order valence-electron chi connectivity index (χ3n) is 0.300. The summed E-state index contributed by atoms with van der Waals surface area (Å²) >= 11 is 0. The molecule has 0 spiro atoms. The Bertz CT molecular complexity index is 74.0. The molecule has 0 aliphatic carbocycles. The Balaban J connectivity index is 3.52. The van der Waals surface area contributed by atoms with E-state index in [1.54, 1.807) is 0 Å². The van der Waals surface area contributed by atoms with E-state index in [0.717, 1.165) is 0 Å². The number of nitrogens with one attached hydrogen (secondary N) is 1. The molecule has 3 heteroatoms. The molecule has 0 saturated carbocycles. The summed E-state index contributed by atoms with van der Waals surface area (Å²) in [5.74, 6) is -0.130. The van der Waals surface area contributed by atoms with Crippen molar-refractivity contribution >= 4 is 19.4 Å². The Labute approximate surface area is 35.9 Å². The molecular formula is C3H5N3. The van der Waals surface area contributed by atoms with Gasteiger partial charge in [-0.3, -0.25) is 5.41 Å². The van der Waals surface area contributed by atoms with Crippen LogP contribution in [0.3, 0.4) is 0 Å². The summed E-state index contributed by atoms with van der Waals surface area (Å²) in [6.07, 6.45) is 0. The minimum absolute atomic E-state index is 0.130. The summed E-state index contributed by atoms with van der Waals surface area (Å²) in [4.78, 5) is 6.22. The first kappa shape index (κ1) is 5.01. The zero-order valence-corrected chi connectivity index (χ0v) is 3.31. The number of nitrogens with zero attached hydrogens (tertiary/aromatic N) is 2. The second kappa shape index (κ2) is 2.26. The molecule has 0 radical (unpaired) electrons. The highest BCUT2D eigenvalue weighted by molar-refractivity contribution is 5.84. The maximum atomic E-state index is 6.53. The number of guanidine groups is 1. The standard InChI is InChI=1S/C3H5N3/c1-5-3(4)6-2/h4H,1-2H2. The summed E-state index contributed by atoms with van der Waals surface area (Å²) in [6, 6.07) is 0. The predicted molar refractivity (Wildman–Crippen MR) is 26.8 cm³/mol. The van der Waals surface area contributed by atoms with E-state index in [1.165, 1.54) is 0 Å². The van der Waals surface area contributed by atoms with Gasteiger partial charge in [0.15, 0.2) is 0 Å². The Hall–Kier alpha value is -0.990. The highest BCUT2D eigenvalue weighted by Gasteiger charge is 1.71.